The fourth-order valence-electron chi connectivity index (χ4n) is 2.73. The molecule has 0 aliphatic carbocycles. The molecule has 2 aromatic heterocycles. The minimum absolute atomic E-state index is 0.0982. The average Bonchev–Trinajstić information content (AvgIpc) is 3.20. The van der Waals surface area contributed by atoms with Crippen LogP contribution < -0.4 is 15.4 Å². The molecule has 1 atom stereocenters. The number of aromatic amines is 1. The fourth-order valence-corrected chi connectivity index (χ4v) is 2.73. The minimum atomic E-state index is -0.277. The quantitative estimate of drug-likeness (QED) is 0.489. The number of hydrogen-bond acceptors (Lipinski definition) is 5. The number of ether oxygens (including phenoxy) is 1. The second-order valence-electron chi connectivity index (χ2n) is 6.17. The summed E-state index contributed by atoms with van der Waals surface area (Å²) in [7, 11) is 0. The topological polar surface area (TPSA) is 105 Å². The van der Waals surface area contributed by atoms with Crippen LogP contribution >= 0.6 is 0 Å². The van der Waals surface area contributed by atoms with Gasteiger partial charge in [0.2, 0.25) is 5.88 Å². The predicted molar refractivity (Wildman–Crippen MR) is 105 cm³/mol. The summed E-state index contributed by atoms with van der Waals surface area (Å²) in [5.74, 6) is 0.999. The largest absolute Gasteiger partial charge is 0.438 e. The van der Waals surface area contributed by atoms with Gasteiger partial charge < -0.3 is 15.4 Å². The van der Waals surface area contributed by atoms with E-state index in [0.29, 0.717) is 28.4 Å². The van der Waals surface area contributed by atoms with E-state index in [1.54, 1.807) is 30.5 Å². The molecule has 0 spiro atoms. The average molecular weight is 374 g/mol. The Morgan fingerprint density at radius 1 is 1.07 bits per heavy atom. The first kappa shape index (κ1) is 17.5. The fraction of sp³-hybridized carbons (Fsp3) is 0.100. The molecule has 140 valence electrons. The number of amides is 2. The molecule has 0 saturated carbocycles. The Hall–Kier alpha value is -3.94. The Bertz CT molecular complexity index is 1080. The number of aromatic nitrogens is 4. The van der Waals surface area contributed by atoms with Gasteiger partial charge in [0.15, 0.2) is 5.65 Å². The standard InChI is InChI=1S/C20H18N6O2/c1-13(14-5-3-2-4-6-14)24-20(27)25-15-7-9-16(10-8-15)28-19-17-11-23-26-18(17)21-12-22-19/h2-13H,1H3,(H2,24,25,27)(H,21,22,23,26)/t13-/m1/s1. The van der Waals surface area contributed by atoms with Crippen molar-refractivity contribution in [1.29, 1.82) is 0 Å². The molecule has 0 saturated heterocycles. The van der Waals surface area contributed by atoms with Crippen molar-refractivity contribution in [2.24, 2.45) is 0 Å². The number of nitrogens with one attached hydrogen (secondary N) is 3. The van der Waals surface area contributed by atoms with Gasteiger partial charge in [0.05, 0.1) is 12.2 Å². The Morgan fingerprint density at radius 2 is 1.86 bits per heavy atom. The van der Waals surface area contributed by atoms with Crippen molar-refractivity contribution in [2.45, 2.75) is 13.0 Å². The van der Waals surface area contributed by atoms with Crippen molar-refractivity contribution in [1.82, 2.24) is 25.5 Å². The summed E-state index contributed by atoms with van der Waals surface area (Å²) in [4.78, 5) is 20.4. The van der Waals surface area contributed by atoms with Crippen LogP contribution in [0.5, 0.6) is 11.6 Å². The Balaban J connectivity index is 1.38. The Kier molecular flexibility index (Phi) is 4.83. The molecule has 3 N–H and O–H groups in total. The van der Waals surface area contributed by atoms with E-state index in [2.05, 4.69) is 30.8 Å². The highest BCUT2D eigenvalue weighted by molar-refractivity contribution is 5.89. The highest BCUT2D eigenvalue weighted by Crippen LogP contribution is 2.26. The van der Waals surface area contributed by atoms with Gasteiger partial charge in [-0.1, -0.05) is 30.3 Å². The number of rotatable bonds is 5. The van der Waals surface area contributed by atoms with Gasteiger partial charge in [-0.3, -0.25) is 5.10 Å². The van der Waals surface area contributed by atoms with Crippen LogP contribution in [0.4, 0.5) is 10.5 Å². The van der Waals surface area contributed by atoms with E-state index in [0.717, 1.165) is 5.56 Å². The maximum atomic E-state index is 12.2. The molecule has 0 fully saturated rings. The van der Waals surface area contributed by atoms with Crippen molar-refractivity contribution in [3.63, 3.8) is 0 Å². The molecule has 0 aliphatic heterocycles. The van der Waals surface area contributed by atoms with Crippen molar-refractivity contribution >= 4 is 22.8 Å². The van der Waals surface area contributed by atoms with Crippen molar-refractivity contribution in [2.75, 3.05) is 5.32 Å². The summed E-state index contributed by atoms with van der Waals surface area (Å²) in [5.41, 5.74) is 2.30. The number of carbonyl (C=O) groups is 1. The smallest absolute Gasteiger partial charge is 0.319 e. The summed E-state index contributed by atoms with van der Waals surface area (Å²) in [6, 6.07) is 16.4. The third-order valence-corrected chi connectivity index (χ3v) is 4.19. The molecule has 0 bridgehead atoms. The van der Waals surface area contributed by atoms with Crippen LogP contribution in [0.15, 0.2) is 67.1 Å². The molecular formula is C20H18N6O2. The molecule has 4 rings (SSSR count). The number of urea groups is 1. The van der Waals surface area contributed by atoms with Crippen LogP contribution in [0.2, 0.25) is 0 Å². The lowest BCUT2D eigenvalue weighted by Gasteiger charge is -2.15. The molecule has 0 unspecified atom stereocenters. The van der Waals surface area contributed by atoms with Crippen LogP contribution in [0.1, 0.15) is 18.5 Å². The monoisotopic (exact) mass is 374 g/mol. The zero-order valence-electron chi connectivity index (χ0n) is 15.1. The van der Waals surface area contributed by atoms with Crippen LogP contribution in [-0.4, -0.2) is 26.2 Å². The second-order valence-corrected chi connectivity index (χ2v) is 6.17. The van der Waals surface area contributed by atoms with Gasteiger partial charge in [-0.2, -0.15) is 5.10 Å². The SMILES string of the molecule is C[C@@H](NC(=O)Nc1ccc(Oc2ncnc3[nH]ncc23)cc1)c1ccccc1. The van der Waals surface area contributed by atoms with E-state index in [1.807, 2.05) is 37.3 Å². The molecule has 0 aliphatic rings. The van der Waals surface area contributed by atoms with E-state index in [1.165, 1.54) is 6.33 Å². The van der Waals surface area contributed by atoms with Gasteiger partial charge in [0.25, 0.3) is 0 Å². The van der Waals surface area contributed by atoms with Crippen LogP contribution in [0, 0.1) is 0 Å². The number of nitrogens with zero attached hydrogens (tertiary/aromatic N) is 3. The zero-order chi connectivity index (χ0) is 19.3. The van der Waals surface area contributed by atoms with Gasteiger partial charge in [0.1, 0.15) is 17.5 Å². The molecule has 28 heavy (non-hydrogen) atoms. The third kappa shape index (κ3) is 3.90. The number of benzene rings is 2. The van der Waals surface area contributed by atoms with Gasteiger partial charge >= 0.3 is 6.03 Å². The molecule has 0 radical (unpaired) electrons. The summed E-state index contributed by atoms with van der Waals surface area (Å²) >= 11 is 0. The first-order valence-corrected chi connectivity index (χ1v) is 8.73. The van der Waals surface area contributed by atoms with Crippen molar-refractivity contribution < 1.29 is 9.53 Å². The second kappa shape index (κ2) is 7.75. The number of fused-ring (bicyclic) bond motifs is 1. The van der Waals surface area contributed by atoms with Crippen molar-refractivity contribution in [3.8, 4) is 11.6 Å². The summed E-state index contributed by atoms with van der Waals surface area (Å²) in [5, 5.41) is 13.1. The highest BCUT2D eigenvalue weighted by atomic mass is 16.5. The van der Waals surface area contributed by atoms with E-state index in [-0.39, 0.29) is 12.1 Å². The highest BCUT2D eigenvalue weighted by Gasteiger charge is 2.10. The van der Waals surface area contributed by atoms with Gasteiger partial charge in [-0.05, 0) is 36.8 Å². The lowest BCUT2D eigenvalue weighted by Crippen LogP contribution is -2.31. The molecule has 8 heteroatoms. The molecule has 2 aromatic carbocycles. The minimum Gasteiger partial charge on any atom is -0.438 e. The van der Waals surface area contributed by atoms with Crippen LogP contribution in [-0.2, 0) is 0 Å². The Morgan fingerprint density at radius 3 is 2.64 bits per heavy atom. The molecule has 2 heterocycles. The number of carbonyl (C=O) groups excluding carboxylic acids is 1. The molecule has 2 amide bonds. The van der Waals surface area contributed by atoms with E-state index < -0.39 is 0 Å². The number of hydrogen-bond donors (Lipinski definition) is 3. The summed E-state index contributed by atoms with van der Waals surface area (Å²) in [6.45, 7) is 1.93. The first-order chi connectivity index (χ1) is 13.7. The van der Waals surface area contributed by atoms with Gasteiger partial charge in [-0.25, -0.2) is 14.8 Å². The van der Waals surface area contributed by atoms with E-state index >= 15 is 0 Å². The number of H-pyrrole nitrogens is 1. The van der Waals surface area contributed by atoms with Crippen molar-refractivity contribution in [3.05, 3.63) is 72.7 Å². The first-order valence-electron chi connectivity index (χ1n) is 8.73. The van der Waals surface area contributed by atoms with Crippen LogP contribution in [0.3, 0.4) is 0 Å². The third-order valence-electron chi connectivity index (χ3n) is 4.19. The molecule has 4 aromatic rings. The van der Waals surface area contributed by atoms with E-state index in [9.17, 15) is 4.79 Å². The zero-order valence-corrected chi connectivity index (χ0v) is 15.1. The van der Waals surface area contributed by atoms with E-state index in [4.69, 9.17) is 4.74 Å². The predicted octanol–water partition coefficient (Wildman–Crippen LogP) is 4.03. The number of anilines is 1. The van der Waals surface area contributed by atoms with Crippen LogP contribution in [0.25, 0.3) is 11.0 Å². The lowest BCUT2D eigenvalue weighted by molar-refractivity contribution is 0.249. The Labute approximate surface area is 161 Å². The molecular weight excluding hydrogens is 356 g/mol. The summed E-state index contributed by atoms with van der Waals surface area (Å²) < 4.78 is 5.79. The van der Waals surface area contributed by atoms with Gasteiger partial charge in [0, 0.05) is 5.69 Å². The summed E-state index contributed by atoms with van der Waals surface area (Å²) in [6.07, 6.45) is 3.02. The molecule has 8 nitrogen and oxygen atoms in total. The normalized spacial score (nSPS) is 11.8. The maximum absolute atomic E-state index is 12.2. The van der Waals surface area contributed by atoms with Gasteiger partial charge in [-0.15, -0.1) is 0 Å². The lowest BCUT2D eigenvalue weighted by atomic mass is 10.1. The maximum Gasteiger partial charge on any atom is 0.319 e.